The lowest BCUT2D eigenvalue weighted by Gasteiger charge is -2.33. The minimum Gasteiger partial charge on any atom is -0.480 e. The summed E-state index contributed by atoms with van der Waals surface area (Å²) in [6.45, 7) is 0.403. The average molecular weight is 256 g/mol. The molecule has 0 aliphatic carbocycles. The van der Waals surface area contributed by atoms with E-state index in [2.05, 4.69) is 0 Å². The number of aliphatic hydroxyl groups excluding tert-OH is 1. The highest BCUT2D eigenvalue weighted by atomic mass is 16.4. The number of nitrogens with zero attached hydrogens (tertiary/aromatic N) is 1. The highest BCUT2D eigenvalue weighted by Crippen LogP contribution is 2.25. The topological polar surface area (TPSA) is 104 Å². The predicted molar refractivity (Wildman–Crippen MR) is 65.8 cm³/mol. The van der Waals surface area contributed by atoms with Gasteiger partial charge in [-0.2, -0.15) is 0 Å². The van der Waals surface area contributed by atoms with Crippen molar-refractivity contribution in [2.45, 2.75) is 37.3 Å². The molecular weight excluding hydrogens is 236 g/mol. The minimum atomic E-state index is -0.992. The maximum atomic E-state index is 11.1. The zero-order valence-electron chi connectivity index (χ0n) is 10.3. The summed E-state index contributed by atoms with van der Waals surface area (Å²) in [5, 5.41) is 17.9. The number of nitrogens with two attached hydrogens (primary N) is 1. The van der Waals surface area contributed by atoms with Crippen molar-refractivity contribution in [3.63, 3.8) is 0 Å². The number of aliphatic carboxylic acids is 1. The molecule has 102 valence electrons. The number of carboxylic acid groups (broad SMARTS) is 1. The fraction of sp³-hybridized carbons (Fsp3) is 0.667. The predicted octanol–water partition coefficient (Wildman–Crippen LogP) is -0.282. The molecule has 0 bridgehead atoms. The molecule has 6 nitrogen and oxygen atoms in total. The van der Waals surface area contributed by atoms with E-state index >= 15 is 0 Å². The van der Waals surface area contributed by atoms with Crippen molar-refractivity contribution in [2.75, 3.05) is 13.2 Å². The van der Waals surface area contributed by atoms with E-state index in [9.17, 15) is 14.7 Å². The number of aliphatic hydroxyl groups is 1. The summed E-state index contributed by atoms with van der Waals surface area (Å²) >= 11 is 0. The highest BCUT2D eigenvalue weighted by molar-refractivity contribution is 5.72. The number of carboxylic acids is 1. The zero-order valence-corrected chi connectivity index (χ0v) is 10.3. The smallest absolute Gasteiger partial charge is 0.320 e. The fourth-order valence-corrected chi connectivity index (χ4v) is 2.03. The van der Waals surface area contributed by atoms with Gasteiger partial charge in [0.05, 0.1) is 6.61 Å². The van der Waals surface area contributed by atoms with Gasteiger partial charge in [0.15, 0.2) is 0 Å². The van der Waals surface area contributed by atoms with E-state index in [0.717, 1.165) is 12.7 Å². The second-order valence-electron chi connectivity index (χ2n) is 4.60. The van der Waals surface area contributed by atoms with E-state index in [1.54, 1.807) is 0 Å². The molecule has 0 amide bonds. The third-order valence-corrected chi connectivity index (χ3v) is 3.30. The standard InChI is InChI=1S/C12H20N2O4/c13-10(11(17)18)4-1-2-6-14-7-3-5-12(14,8-15)9-16/h3,7-8,10,16H,1-2,4-6,9,13H2,(H,17,18). The quantitative estimate of drug-likeness (QED) is 0.407. The van der Waals surface area contributed by atoms with Crippen LogP contribution in [0.3, 0.4) is 0 Å². The Morgan fingerprint density at radius 2 is 2.28 bits per heavy atom. The highest BCUT2D eigenvalue weighted by Gasteiger charge is 2.36. The molecule has 1 aliphatic heterocycles. The van der Waals surface area contributed by atoms with Crippen LogP contribution in [0.25, 0.3) is 0 Å². The molecule has 2 atom stereocenters. The molecule has 1 aliphatic rings. The maximum absolute atomic E-state index is 11.1. The van der Waals surface area contributed by atoms with Gasteiger partial charge >= 0.3 is 5.97 Å². The van der Waals surface area contributed by atoms with Crippen molar-refractivity contribution in [3.8, 4) is 0 Å². The van der Waals surface area contributed by atoms with Gasteiger partial charge in [0.2, 0.25) is 0 Å². The molecular formula is C12H20N2O4. The third kappa shape index (κ3) is 3.30. The molecule has 4 N–H and O–H groups in total. The van der Waals surface area contributed by atoms with E-state index in [1.807, 2.05) is 17.2 Å². The SMILES string of the molecule is NC(CCCCN1C=CCC1(C=O)CO)C(=O)O. The first-order valence-electron chi connectivity index (χ1n) is 6.05. The molecule has 2 unspecified atom stereocenters. The fourth-order valence-electron chi connectivity index (χ4n) is 2.03. The molecule has 0 spiro atoms. The summed E-state index contributed by atoms with van der Waals surface area (Å²) in [6.07, 6.45) is 6.78. The molecule has 0 fully saturated rings. The van der Waals surface area contributed by atoms with Gasteiger partial charge in [0.1, 0.15) is 17.9 Å². The van der Waals surface area contributed by atoms with E-state index in [1.165, 1.54) is 0 Å². The van der Waals surface area contributed by atoms with Crippen LogP contribution < -0.4 is 5.73 Å². The molecule has 0 radical (unpaired) electrons. The number of aldehydes is 1. The van der Waals surface area contributed by atoms with E-state index < -0.39 is 17.6 Å². The first-order valence-corrected chi connectivity index (χ1v) is 6.05. The zero-order chi connectivity index (χ0) is 13.6. The van der Waals surface area contributed by atoms with Crippen LogP contribution in [0, 0.1) is 0 Å². The molecule has 0 aromatic heterocycles. The van der Waals surface area contributed by atoms with E-state index in [-0.39, 0.29) is 6.61 Å². The van der Waals surface area contributed by atoms with Crippen LogP contribution in [0.5, 0.6) is 0 Å². The monoisotopic (exact) mass is 256 g/mol. The van der Waals surface area contributed by atoms with Crippen molar-refractivity contribution in [2.24, 2.45) is 5.73 Å². The second kappa shape index (κ2) is 6.51. The first kappa shape index (κ1) is 14.7. The van der Waals surface area contributed by atoms with Crippen molar-refractivity contribution in [1.82, 2.24) is 4.90 Å². The number of unbranched alkanes of at least 4 members (excludes halogenated alkanes) is 1. The Balaban J connectivity index is 2.33. The van der Waals surface area contributed by atoms with Crippen LogP contribution in [-0.2, 0) is 9.59 Å². The number of rotatable bonds is 8. The van der Waals surface area contributed by atoms with Crippen LogP contribution in [0.1, 0.15) is 25.7 Å². The average Bonchev–Trinajstić information content (AvgIpc) is 2.77. The Hall–Kier alpha value is -1.40. The largest absolute Gasteiger partial charge is 0.480 e. The van der Waals surface area contributed by atoms with Crippen molar-refractivity contribution in [3.05, 3.63) is 12.3 Å². The van der Waals surface area contributed by atoms with Gasteiger partial charge < -0.3 is 25.6 Å². The summed E-state index contributed by atoms with van der Waals surface area (Å²) in [7, 11) is 0. The van der Waals surface area contributed by atoms with Crippen molar-refractivity contribution in [1.29, 1.82) is 0 Å². The van der Waals surface area contributed by atoms with E-state index in [4.69, 9.17) is 10.8 Å². The molecule has 1 heterocycles. The number of carbonyl (C=O) groups is 2. The molecule has 18 heavy (non-hydrogen) atoms. The Bertz CT molecular complexity index is 332. The third-order valence-electron chi connectivity index (χ3n) is 3.30. The van der Waals surface area contributed by atoms with Crippen LogP contribution in [0.2, 0.25) is 0 Å². The first-order chi connectivity index (χ1) is 8.55. The lowest BCUT2D eigenvalue weighted by atomic mass is 9.99. The Morgan fingerprint density at radius 1 is 1.56 bits per heavy atom. The van der Waals surface area contributed by atoms with Gasteiger partial charge in [-0.25, -0.2) is 0 Å². The summed E-state index contributed by atoms with van der Waals surface area (Å²) in [4.78, 5) is 23.4. The van der Waals surface area contributed by atoms with Crippen molar-refractivity contribution < 1.29 is 19.8 Å². The van der Waals surface area contributed by atoms with E-state index in [0.29, 0.717) is 25.8 Å². The second-order valence-corrected chi connectivity index (χ2v) is 4.60. The van der Waals surface area contributed by atoms with Gasteiger partial charge in [-0.05, 0) is 31.9 Å². The van der Waals surface area contributed by atoms with Crippen molar-refractivity contribution >= 4 is 12.3 Å². The summed E-state index contributed by atoms with van der Waals surface area (Å²) in [6, 6.07) is -0.826. The number of hydrogen-bond donors (Lipinski definition) is 3. The van der Waals surface area contributed by atoms with Crippen LogP contribution >= 0.6 is 0 Å². The lowest BCUT2D eigenvalue weighted by molar-refractivity contribution is -0.138. The number of carbonyl (C=O) groups excluding carboxylic acids is 1. The van der Waals surface area contributed by atoms with Crippen LogP contribution in [0.4, 0.5) is 0 Å². The van der Waals surface area contributed by atoms with Gasteiger partial charge in [-0.15, -0.1) is 0 Å². The molecule has 0 aromatic carbocycles. The van der Waals surface area contributed by atoms with Gasteiger partial charge in [0, 0.05) is 6.54 Å². The molecule has 0 saturated carbocycles. The Morgan fingerprint density at radius 3 is 2.83 bits per heavy atom. The van der Waals surface area contributed by atoms with Crippen LogP contribution in [-0.4, -0.2) is 52.1 Å². The summed E-state index contributed by atoms with van der Waals surface area (Å²) in [5.41, 5.74) is 4.57. The van der Waals surface area contributed by atoms with Gasteiger partial charge in [0.25, 0.3) is 0 Å². The molecule has 0 aromatic rings. The van der Waals surface area contributed by atoms with Gasteiger partial charge in [-0.1, -0.05) is 6.08 Å². The molecule has 1 rings (SSSR count). The van der Waals surface area contributed by atoms with Crippen LogP contribution in [0.15, 0.2) is 12.3 Å². The Labute approximate surface area is 106 Å². The number of hydrogen-bond acceptors (Lipinski definition) is 5. The Kier molecular flexibility index (Phi) is 5.30. The summed E-state index contributed by atoms with van der Waals surface area (Å²) < 4.78 is 0. The minimum absolute atomic E-state index is 0.210. The normalized spacial score (nSPS) is 24.2. The molecule has 6 heteroatoms. The lowest BCUT2D eigenvalue weighted by Crippen LogP contribution is -2.47. The maximum Gasteiger partial charge on any atom is 0.320 e. The summed E-state index contributed by atoms with van der Waals surface area (Å²) in [5.74, 6) is -0.992. The van der Waals surface area contributed by atoms with Gasteiger partial charge in [-0.3, -0.25) is 4.79 Å². The molecule has 0 saturated heterocycles.